The van der Waals surface area contributed by atoms with Crippen LogP contribution in [0.4, 0.5) is 4.39 Å². The minimum absolute atomic E-state index is 0.0334. The summed E-state index contributed by atoms with van der Waals surface area (Å²) in [6, 6.07) is 7.38. The van der Waals surface area contributed by atoms with E-state index in [2.05, 4.69) is 10.2 Å². The quantitative estimate of drug-likeness (QED) is 0.578. The van der Waals surface area contributed by atoms with Gasteiger partial charge >= 0.3 is 0 Å². The molecular weight excluding hydrogens is 465 g/mol. The van der Waals surface area contributed by atoms with E-state index in [0.29, 0.717) is 50.0 Å². The smallest absolute Gasteiger partial charge is 0.252 e. The topological polar surface area (TPSA) is 80.3 Å². The van der Waals surface area contributed by atoms with Crippen LogP contribution in [0.15, 0.2) is 30.3 Å². The molecule has 0 spiro atoms. The first-order valence-electron chi connectivity index (χ1n) is 10.9. The lowest BCUT2D eigenvalue weighted by Crippen LogP contribution is -2.48. The molecule has 1 heterocycles. The number of piperazine rings is 1. The number of carbonyl (C=O) groups is 2. The summed E-state index contributed by atoms with van der Waals surface area (Å²) < 4.78 is 29.5. The Morgan fingerprint density at radius 3 is 2.32 bits per heavy atom. The van der Waals surface area contributed by atoms with E-state index in [9.17, 15) is 14.0 Å². The summed E-state index contributed by atoms with van der Waals surface area (Å²) in [6.07, 6.45) is 0.175. The van der Waals surface area contributed by atoms with Crippen LogP contribution < -0.4 is 19.5 Å². The fourth-order valence-electron chi connectivity index (χ4n) is 3.89. The Morgan fingerprint density at radius 1 is 1.00 bits per heavy atom. The van der Waals surface area contributed by atoms with Gasteiger partial charge < -0.3 is 24.4 Å². The van der Waals surface area contributed by atoms with E-state index in [0.717, 1.165) is 11.6 Å². The van der Waals surface area contributed by atoms with Crippen molar-refractivity contribution < 1.29 is 28.2 Å². The highest BCUT2D eigenvalue weighted by Crippen LogP contribution is 2.40. The molecule has 1 N–H and O–H groups in total. The first-order valence-corrected chi connectivity index (χ1v) is 11.3. The van der Waals surface area contributed by atoms with Crippen molar-refractivity contribution in [3.8, 4) is 17.2 Å². The van der Waals surface area contributed by atoms with Gasteiger partial charge in [-0.25, -0.2) is 4.39 Å². The van der Waals surface area contributed by atoms with Gasteiger partial charge in [-0.2, -0.15) is 0 Å². The van der Waals surface area contributed by atoms with Gasteiger partial charge in [0.15, 0.2) is 11.5 Å². The molecule has 0 atom stereocenters. The maximum Gasteiger partial charge on any atom is 0.252 e. The van der Waals surface area contributed by atoms with Crippen molar-refractivity contribution in [2.24, 2.45) is 0 Å². The number of carbonyl (C=O) groups excluding carboxylic acids is 2. The molecule has 0 bridgehead atoms. The number of nitrogens with zero attached hydrogens (tertiary/aromatic N) is 2. The number of ether oxygens (including phenoxy) is 3. The SMILES string of the molecule is COc1ccc(CN2CCN(C(=O)CCNC(=O)c3ccc(F)cc3Cl)CC2)c(OC)c1OC. The fourth-order valence-corrected chi connectivity index (χ4v) is 4.15. The second-order valence-electron chi connectivity index (χ2n) is 7.78. The summed E-state index contributed by atoms with van der Waals surface area (Å²) in [4.78, 5) is 28.8. The summed E-state index contributed by atoms with van der Waals surface area (Å²) >= 11 is 5.91. The number of hydrogen-bond acceptors (Lipinski definition) is 6. The van der Waals surface area contributed by atoms with E-state index in [-0.39, 0.29) is 29.5 Å². The summed E-state index contributed by atoms with van der Waals surface area (Å²) in [5.74, 6) is 0.811. The van der Waals surface area contributed by atoms with E-state index >= 15 is 0 Å². The molecule has 2 amide bonds. The molecule has 1 aliphatic rings. The Hall–Kier alpha value is -3.04. The molecule has 0 aromatic heterocycles. The van der Waals surface area contributed by atoms with E-state index in [1.165, 1.54) is 12.1 Å². The first-order chi connectivity index (χ1) is 16.4. The maximum atomic E-state index is 13.1. The average Bonchev–Trinajstić information content (AvgIpc) is 2.83. The molecule has 1 aliphatic heterocycles. The summed E-state index contributed by atoms with van der Waals surface area (Å²) in [5.41, 5.74) is 1.15. The number of methoxy groups -OCH3 is 3. The van der Waals surface area contributed by atoms with Crippen LogP contribution in [-0.2, 0) is 11.3 Å². The lowest BCUT2D eigenvalue weighted by molar-refractivity contribution is -0.132. The molecule has 2 aromatic rings. The number of hydrogen-bond donors (Lipinski definition) is 1. The Bertz CT molecular complexity index is 1030. The van der Waals surface area contributed by atoms with Crippen molar-refractivity contribution in [1.29, 1.82) is 0 Å². The standard InChI is InChI=1S/C24H29ClFN3O5/c1-32-20-7-4-16(22(33-2)23(20)34-3)15-28-10-12-29(13-11-28)21(30)8-9-27-24(31)18-6-5-17(26)14-19(18)25/h4-7,14H,8-13,15H2,1-3H3,(H,27,31). The molecule has 0 aliphatic carbocycles. The summed E-state index contributed by atoms with van der Waals surface area (Å²) in [7, 11) is 4.75. The second-order valence-corrected chi connectivity index (χ2v) is 8.19. The Labute approximate surface area is 203 Å². The van der Waals surface area contributed by atoms with Crippen molar-refractivity contribution in [3.05, 3.63) is 52.3 Å². The highest BCUT2D eigenvalue weighted by atomic mass is 35.5. The molecule has 10 heteroatoms. The molecule has 184 valence electrons. The zero-order chi connectivity index (χ0) is 24.7. The molecule has 8 nitrogen and oxygen atoms in total. The third kappa shape index (κ3) is 6.09. The minimum Gasteiger partial charge on any atom is -0.493 e. The van der Waals surface area contributed by atoms with Crippen LogP contribution in [0.1, 0.15) is 22.3 Å². The van der Waals surface area contributed by atoms with Gasteiger partial charge in [0.1, 0.15) is 5.82 Å². The highest BCUT2D eigenvalue weighted by molar-refractivity contribution is 6.33. The van der Waals surface area contributed by atoms with Gasteiger partial charge in [0.25, 0.3) is 5.91 Å². The fraction of sp³-hybridized carbons (Fsp3) is 0.417. The summed E-state index contributed by atoms with van der Waals surface area (Å²) in [6.45, 7) is 3.42. The monoisotopic (exact) mass is 493 g/mol. The predicted molar refractivity (Wildman–Crippen MR) is 126 cm³/mol. The minimum atomic E-state index is -0.513. The van der Waals surface area contributed by atoms with Crippen molar-refractivity contribution in [1.82, 2.24) is 15.1 Å². The molecule has 1 fully saturated rings. The lowest BCUT2D eigenvalue weighted by atomic mass is 10.1. The van der Waals surface area contributed by atoms with Crippen molar-refractivity contribution in [3.63, 3.8) is 0 Å². The Balaban J connectivity index is 1.47. The third-order valence-electron chi connectivity index (χ3n) is 5.70. The lowest BCUT2D eigenvalue weighted by Gasteiger charge is -2.35. The van der Waals surface area contributed by atoms with Crippen LogP contribution in [0, 0.1) is 5.82 Å². The number of benzene rings is 2. The zero-order valence-electron chi connectivity index (χ0n) is 19.5. The number of nitrogens with one attached hydrogen (secondary N) is 1. The molecule has 0 saturated carbocycles. The van der Waals surface area contributed by atoms with Crippen LogP contribution in [0.3, 0.4) is 0 Å². The number of rotatable bonds is 9. The zero-order valence-corrected chi connectivity index (χ0v) is 20.3. The third-order valence-corrected chi connectivity index (χ3v) is 6.02. The van der Waals surface area contributed by atoms with Gasteiger partial charge in [-0.15, -0.1) is 0 Å². The molecule has 1 saturated heterocycles. The summed E-state index contributed by atoms with van der Waals surface area (Å²) in [5, 5.41) is 2.70. The van der Waals surface area contributed by atoms with Crippen molar-refractivity contribution in [2.75, 3.05) is 54.1 Å². The molecule has 2 aromatic carbocycles. The largest absolute Gasteiger partial charge is 0.493 e. The molecular formula is C24H29ClFN3O5. The van der Waals surface area contributed by atoms with E-state index in [4.69, 9.17) is 25.8 Å². The van der Waals surface area contributed by atoms with Crippen molar-refractivity contribution >= 4 is 23.4 Å². The van der Waals surface area contributed by atoms with Crippen LogP contribution >= 0.6 is 11.6 Å². The van der Waals surface area contributed by atoms with Gasteiger partial charge in [-0.3, -0.25) is 14.5 Å². The van der Waals surface area contributed by atoms with E-state index in [1.807, 2.05) is 12.1 Å². The Kier molecular flexibility index (Phi) is 8.95. The van der Waals surface area contributed by atoms with Crippen LogP contribution in [0.5, 0.6) is 17.2 Å². The van der Waals surface area contributed by atoms with Gasteiger partial charge in [0, 0.05) is 51.3 Å². The second kappa shape index (κ2) is 11.9. The number of halogens is 2. The normalized spacial score (nSPS) is 14.0. The molecule has 3 rings (SSSR count). The predicted octanol–water partition coefficient (Wildman–Crippen LogP) is 2.97. The molecule has 34 heavy (non-hydrogen) atoms. The number of amides is 2. The van der Waals surface area contributed by atoms with E-state index in [1.54, 1.807) is 26.2 Å². The maximum absolute atomic E-state index is 13.1. The molecule has 0 unspecified atom stereocenters. The average molecular weight is 494 g/mol. The van der Waals surface area contributed by atoms with Gasteiger partial charge in [0.2, 0.25) is 11.7 Å². The van der Waals surface area contributed by atoms with Gasteiger partial charge in [-0.05, 0) is 24.3 Å². The van der Waals surface area contributed by atoms with Gasteiger partial charge in [0.05, 0.1) is 31.9 Å². The molecule has 0 radical (unpaired) electrons. The Morgan fingerprint density at radius 2 is 1.71 bits per heavy atom. The van der Waals surface area contributed by atoms with Crippen LogP contribution in [0.2, 0.25) is 5.02 Å². The first kappa shape index (κ1) is 25.6. The van der Waals surface area contributed by atoms with Crippen LogP contribution in [0.25, 0.3) is 0 Å². The van der Waals surface area contributed by atoms with Crippen LogP contribution in [-0.4, -0.2) is 75.7 Å². The van der Waals surface area contributed by atoms with Gasteiger partial charge in [-0.1, -0.05) is 17.7 Å². The van der Waals surface area contributed by atoms with Crippen molar-refractivity contribution in [2.45, 2.75) is 13.0 Å². The highest BCUT2D eigenvalue weighted by Gasteiger charge is 2.23. The van der Waals surface area contributed by atoms with E-state index < -0.39 is 11.7 Å².